The summed E-state index contributed by atoms with van der Waals surface area (Å²) in [4.78, 5) is 2.52. The highest BCUT2D eigenvalue weighted by atomic mass is 15.2. The van der Waals surface area contributed by atoms with E-state index < -0.39 is 0 Å². The van der Waals surface area contributed by atoms with Crippen LogP contribution in [0.3, 0.4) is 0 Å². The summed E-state index contributed by atoms with van der Waals surface area (Å²) in [5.74, 6) is 0. The first-order valence-corrected chi connectivity index (χ1v) is 7.37. The molecule has 0 atom stereocenters. The lowest BCUT2D eigenvalue weighted by atomic mass is 10.0. The number of nitrogens with zero attached hydrogens (tertiary/aromatic N) is 1. The van der Waals surface area contributed by atoms with Crippen LogP contribution in [0.5, 0.6) is 0 Å². The van der Waals surface area contributed by atoms with E-state index in [2.05, 4.69) is 48.4 Å². The quantitative estimate of drug-likeness (QED) is 0.789. The van der Waals surface area contributed by atoms with Gasteiger partial charge in [0.15, 0.2) is 0 Å². The Labute approximate surface area is 117 Å². The average Bonchev–Trinajstić information content (AvgIpc) is 2.41. The molecule has 0 unspecified atom stereocenters. The standard InChI is InChI=1S/C16H27N3/c1-13-10-15(3)16(11-14(13)2)12-18-6-9-19-7-4-17-5-8-19/h10-11,17-18H,4-9,12H2,1-3H3. The number of rotatable bonds is 5. The van der Waals surface area contributed by atoms with Gasteiger partial charge < -0.3 is 10.6 Å². The second-order valence-corrected chi connectivity index (χ2v) is 5.63. The van der Waals surface area contributed by atoms with E-state index in [1.165, 1.54) is 35.3 Å². The van der Waals surface area contributed by atoms with Gasteiger partial charge in [-0.3, -0.25) is 4.90 Å². The molecule has 3 nitrogen and oxygen atoms in total. The van der Waals surface area contributed by atoms with Crippen LogP contribution in [0.4, 0.5) is 0 Å². The van der Waals surface area contributed by atoms with Gasteiger partial charge in [0.2, 0.25) is 0 Å². The Balaban J connectivity index is 1.74. The molecule has 0 saturated carbocycles. The van der Waals surface area contributed by atoms with Gasteiger partial charge in [-0.25, -0.2) is 0 Å². The second-order valence-electron chi connectivity index (χ2n) is 5.63. The van der Waals surface area contributed by atoms with Gasteiger partial charge in [0.1, 0.15) is 0 Å². The minimum Gasteiger partial charge on any atom is -0.314 e. The first-order valence-electron chi connectivity index (χ1n) is 7.37. The predicted octanol–water partition coefficient (Wildman–Crippen LogP) is 1.61. The van der Waals surface area contributed by atoms with Crippen LogP contribution < -0.4 is 10.6 Å². The molecule has 1 aromatic carbocycles. The summed E-state index contributed by atoms with van der Waals surface area (Å²) in [7, 11) is 0. The SMILES string of the molecule is Cc1cc(C)c(CNCCN2CCNCC2)cc1C. The molecule has 0 aromatic heterocycles. The van der Waals surface area contributed by atoms with E-state index >= 15 is 0 Å². The highest BCUT2D eigenvalue weighted by Gasteiger charge is 2.08. The van der Waals surface area contributed by atoms with Crippen LogP contribution in [-0.2, 0) is 6.54 Å². The lowest BCUT2D eigenvalue weighted by Crippen LogP contribution is -2.45. The van der Waals surface area contributed by atoms with Gasteiger partial charge in [0, 0.05) is 45.8 Å². The summed E-state index contributed by atoms with van der Waals surface area (Å²) < 4.78 is 0. The number of hydrogen-bond acceptors (Lipinski definition) is 3. The Bertz CT molecular complexity index is 409. The summed E-state index contributed by atoms with van der Waals surface area (Å²) in [6.45, 7) is 14.4. The molecule has 1 heterocycles. The van der Waals surface area contributed by atoms with Crippen molar-refractivity contribution >= 4 is 0 Å². The highest BCUT2D eigenvalue weighted by molar-refractivity contribution is 5.36. The van der Waals surface area contributed by atoms with E-state index in [4.69, 9.17) is 0 Å². The Kier molecular flexibility index (Phi) is 5.37. The van der Waals surface area contributed by atoms with Crippen molar-refractivity contribution in [3.63, 3.8) is 0 Å². The predicted molar refractivity (Wildman–Crippen MR) is 81.7 cm³/mol. The van der Waals surface area contributed by atoms with Gasteiger partial charge in [-0.05, 0) is 43.0 Å². The molecule has 1 aliphatic rings. The average molecular weight is 261 g/mol. The largest absolute Gasteiger partial charge is 0.314 e. The molecule has 19 heavy (non-hydrogen) atoms. The lowest BCUT2D eigenvalue weighted by molar-refractivity contribution is 0.241. The third kappa shape index (κ3) is 4.30. The van der Waals surface area contributed by atoms with Crippen molar-refractivity contribution < 1.29 is 0 Å². The van der Waals surface area contributed by atoms with Crippen molar-refractivity contribution in [2.45, 2.75) is 27.3 Å². The minimum atomic E-state index is 0.985. The number of hydrogen-bond donors (Lipinski definition) is 2. The molecular formula is C16H27N3. The summed E-state index contributed by atoms with van der Waals surface area (Å²) in [5.41, 5.74) is 5.62. The van der Waals surface area contributed by atoms with Crippen LogP contribution in [0.25, 0.3) is 0 Å². The maximum absolute atomic E-state index is 3.57. The summed E-state index contributed by atoms with van der Waals surface area (Å²) in [5, 5.41) is 6.96. The fourth-order valence-electron chi connectivity index (χ4n) is 2.61. The molecule has 0 aliphatic carbocycles. The van der Waals surface area contributed by atoms with Crippen molar-refractivity contribution in [1.82, 2.24) is 15.5 Å². The normalized spacial score (nSPS) is 16.8. The Morgan fingerprint density at radius 2 is 1.74 bits per heavy atom. The Morgan fingerprint density at radius 1 is 1.05 bits per heavy atom. The smallest absolute Gasteiger partial charge is 0.0208 e. The van der Waals surface area contributed by atoms with Crippen molar-refractivity contribution in [3.8, 4) is 0 Å². The molecule has 0 bridgehead atoms. The first-order chi connectivity index (χ1) is 9.16. The molecule has 1 aromatic rings. The summed E-state index contributed by atoms with van der Waals surface area (Å²) >= 11 is 0. The monoisotopic (exact) mass is 261 g/mol. The van der Waals surface area contributed by atoms with Crippen LogP contribution in [-0.4, -0.2) is 44.2 Å². The third-order valence-electron chi connectivity index (χ3n) is 4.08. The minimum absolute atomic E-state index is 0.985. The third-order valence-corrected chi connectivity index (χ3v) is 4.08. The fraction of sp³-hybridized carbons (Fsp3) is 0.625. The van der Waals surface area contributed by atoms with Crippen molar-refractivity contribution in [1.29, 1.82) is 0 Å². The molecular weight excluding hydrogens is 234 g/mol. The van der Waals surface area contributed by atoms with E-state index in [0.29, 0.717) is 0 Å². The van der Waals surface area contributed by atoms with Gasteiger partial charge in [0.05, 0.1) is 0 Å². The molecule has 0 radical (unpaired) electrons. The van der Waals surface area contributed by atoms with E-state index in [1.54, 1.807) is 0 Å². The summed E-state index contributed by atoms with van der Waals surface area (Å²) in [6.07, 6.45) is 0. The Hall–Kier alpha value is -0.900. The Morgan fingerprint density at radius 3 is 2.47 bits per heavy atom. The zero-order valence-electron chi connectivity index (χ0n) is 12.6. The number of piperazine rings is 1. The number of aryl methyl sites for hydroxylation is 3. The molecule has 2 rings (SSSR count). The zero-order valence-corrected chi connectivity index (χ0v) is 12.6. The van der Waals surface area contributed by atoms with Crippen molar-refractivity contribution in [2.24, 2.45) is 0 Å². The van der Waals surface area contributed by atoms with Crippen molar-refractivity contribution in [2.75, 3.05) is 39.3 Å². The molecule has 3 heteroatoms. The van der Waals surface area contributed by atoms with E-state index in [1.807, 2.05) is 0 Å². The maximum atomic E-state index is 3.57. The van der Waals surface area contributed by atoms with E-state index in [9.17, 15) is 0 Å². The van der Waals surface area contributed by atoms with Crippen LogP contribution in [0.2, 0.25) is 0 Å². The molecule has 2 N–H and O–H groups in total. The van der Waals surface area contributed by atoms with E-state index in [0.717, 1.165) is 32.7 Å². The molecule has 0 spiro atoms. The van der Waals surface area contributed by atoms with Gasteiger partial charge in [-0.2, -0.15) is 0 Å². The first kappa shape index (κ1) is 14.5. The lowest BCUT2D eigenvalue weighted by Gasteiger charge is -2.27. The zero-order chi connectivity index (χ0) is 13.7. The molecule has 1 fully saturated rings. The van der Waals surface area contributed by atoms with E-state index in [-0.39, 0.29) is 0 Å². The molecule has 1 saturated heterocycles. The van der Waals surface area contributed by atoms with Crippen LogP contribution in [0, 0.1) is 20.8 Å². The van der Waals surface area contributed by atoms with Crippen molar-refractivity contribution in [3.05, 3.63) is 34.4 Å². The summed E-state index contributed by atoms with van der Waals surface area (Å²) in [6, 6.07) is 4.62. The topological polar surface area (TPSA) is 27.3 Å². The van der Waals surface area contributed by atoms with Crippen LogP contribution >= 0.6 is 0 Å². The molecule has 1 aliphatic heterocycles. The number of benzene rings is 1. The van der Waals surface area contributed by atoms with Gasteiger partial charge in [0.25, 0.3) is 0 Å². The molecule has 106 valence electrons. The number of nitrogens with one attached hydrogen (secondary N) is 2. The second kappa shape index (κ2) is 7.04. The van der Waals surface area contributed by atoms with Gasteiger partial charge in [-0.1, -0.05) is 12.1 Å². The maximum Gasteiger partial charge on any atom is 0.0208 e. The van der Waals surface area contributed by atoms with Gasteiger partial charge in [-0.15, -0.1) is 0 Å². The van der Waals surface area contributed by atoms with Gasteiger partial charge >= 0.3 is 0 Å². The van der Waals surface area contributed by atoms with Crippen LogP contribution in [0.1, 0.15) is 22.3 Å². The van der Waals surface area contributed by atoms with Crippen LogP contribution in [0.15, 0.2) is 12.1 Å². The highest BCUT2D eigenvalue weighted by Crippen LogP contribution is 2.14. The fourth-order valence-corrected chi connectivity index (χ4v) is 2.61. The molecule has 0 amide bonds.